The Kier molecular flexibility index (Phi) is 4.65. The molecule has 0 atom stereocenters. The van der Waals surface area contributed by atoms with E-state index in [1.165, 1.54) is 36.8 Å². The zero-order valence-electron chi connectivity index (χ0n) is 11.8. The molecule has 2 rings (SSSR count). The Labute approximate surface area is 111 Å². The van der Waals surface area contributed by atoms with Gasteiger partial charge in [0.1, 0.15) is 5.75 Å². The van der Waals surface area contributed by atoms with E-state index in [1.807, 2.05) is 0 Å². The second-order valence-electron chi connectivity index (χ2n) is 5.59. The minimum absolute atomic E-state index is 0.506. The Morgan fingerprint density at radius 3 is 2.61 bits per heavy atom. The predicted octanol–water partition coefficient (Wildman–Crippen LogP) is 3.85. The monoisotopic (exact) mass is 247 g/mol. The Hall–Kier alpha value is -1.02. The molecule has 1 aliphatic rings. The van der Waals surface area contributed by atoms with Crippen LogP contribution in [-0.2, 0) is 6.54 Å². The van der Waals surface area contributed by atoms with Gasteiger partial charge in [-0.1, -0.05) is 38.8 Å². The average Bonchev–Trinajstić information content (AvgIpc) is 2.89. The van der Waals surface area contributed by atoms with Crippen molar-refractivity contribution in [3.63, 3.8) is 0 Å². The van der Waals surface area contributed by atoms with Gasteiger partial charge in [-0.05, 0) is 36.0 Å². The molecule has 1 N–H and O–H groups in total. The molecule has 0 aliphatic heterocycles. The third-order valence-corrected chi connectivity index (χ3v) is 3.87. The van der Waals surface area contributed by atoms with Crippen LogP contribution in [0.4, 0.5) is 0 Å². The SMILES string of the molecule is COc1ccc(CNC2CCCC2)cc1C(C)C. The predicted molar refractivity (Wildman–Crippen MR) is 76.2 cm³/mol. The number of hydrogen-bond donors (Lipinski definition) is 1. The van der Waals surface area contributed by atoms with Crippen LogP contribution in [0.1, 0.15) is 56.6 Å². The molecule has 18 heavy (non-hydrogen) atoms. The van der Waals surface area contributed by atoms with Gasteiger partial charge in [-0.15, -0.1) is 0 Å². The Balaban J connectivity index is 2.01. The fraction of sp³-hybridized carbons (Fsp3) is 0.625. The first kappa shape index (κ1) is 13.4. The summed E-state index contributed by atoms with van der Waals surface area (Å²) < 4.78 is 5.42. The van der Waals surface area contributed by atoms with Crippen LogP contribution in [0, 0.1) is 0 Å². The number of nitrogens with one attached hydrogen (secondary N) is 1. The normalized spacial score (nSPS) is 16.4. The molecule has 0 bridgehead atoms. The van der Waals surface area contributed by atoms with Crippen molar-refractivity contribution in [3.05, 3.63) is 29.3 Å². The Morgan fingerprint density at radius 1 is 1.28 bits per heavy atom. The smallest absolute Gasteiger partial charge is 0.122 e. The van der Waals surface area contributed by atoms with Crippen molar-refractivity contribution in [1.82, 2.24) is 5.32 Å². The third-order valence-electron chi connectivity index (χ3n) is 3.87. The van der Waals surface area contributed by atoms with Crippen molar-refractivity contribution in [3.8, 4) is 5.75 Å². The highest BCUT2D eigenvalue weighted by Gasteiger charge is 2.14. The van der Waals surface area contributed by atoms with Gasteiger partial charge in [-0.2, -0.15) is 0 Å². The third kappa shape index (κ3) is 3.26. The molecule has 0 saturated heterocycles. The van der Waals surface area contributed by atoms with Crippen molar-refractivity contribution in [1.29, 1.82) is 0 Å². The van der Waals surface area contributed by atoms with Crippen LogP contribution in [-0.4, -0.2) is 13.2 Å². The molecule has 0 aromatic heterocycles. The van der Waals surface area contributed by atoms with Crippen LogP contribution >= 0.6 is 0 Å². The molecule has 0 amide bonds. The van der Waals surface area contributed by atoms with E-state index in [4.69, 9.17) is 4.74 Å². The summed E-state index contributed by atoms with van der Waals surface area (Å²) in [7, 11) is 1.75. The topological polar surface area (TPSA) is 21.3 Å². The lowest BCUT2D eigenvalue weighted by molar-refractivity contribution is 0.407. The summed E-state index contributed by atoms with van der Waals surface area (Å²) in [6.07, 6.45) is 5.45. The van der Waals surface area contributed by atoms with Gasteiger partial charge in [0, 0.05) is 12.6 Å². The van der Waals surface area contributed by atoms with E-state index in [0.29, 0.717) is 5.92 Å². The van der Waals surface area contributed by atoms with E-state index in [1.54, 1.807) is 7.11 Å². The highest BCUT2D eigenvalue weighted by molar-refractivity contribution is 5.39. The maximum absolute atomic E-state index is 5.42. The lowest BCUT2D eigenvalue weighted by Crippen LogP contribution is -2.25. The van der Waals surface area contributed by atoms with E-state index in [9.17, 15) is 0 Å². The summed E-state index contributed by atoms with van der Waals surface area (Å²) in [6, 6.07) is 7.29. The van der Waals surface area contributed by atoms with Crippen LogP contribution in [0.5, 0.6) is 5.75 Å². The van der Waals surface area contributed by atoms with Crippen molar-refractivity contribution in [2.45, 2.75) is 58.0 Å². The van der Waals surface area contributed by atoms with Gasteiger partial charge in [0.25, 0.3) is 0 Å². The van der Waals surface area contributed by atoms with Gasteiger partial charge < -0.3 is 10.1 Å². The molecule has 0 radical (unpaired) electrons. The molecule has 1 saturated carbocycles. The highest BCUT2D eigenvalue weighted by Crippen LogP contribution is 2.27. The fourth-order valence-electron chi connectivity index (χ4n) is 2.74. The van der Waals surface area contributed by atoms with Crippen molar-refractivity contribution >= 4 is 0 Å². The molecule has 2 nitrogen and oxygen atoms in total. The van der Waals surface area contributed by atoms with Gasteiger partial charge >= 0.3 is 0 Å². The average molecular weight is 247 g/mol. The number of benzene rings is 1. The van der Waals surface area contributed by atoms with E-state index >= 15 is 0 Å². The summed E-state index contributed by atoms with van der Waals surface area (Å²) in [4.78, 5) is 0. The van der Waals surface area contributed by atoms with Crippen molar-refractivity contribution in [2.75, 3.05) is 7.11 Å². The summed E-state index contributed by atoms with van der Waals surface area (Å²) in [5.74, 6) is 1.51. The molecule has 0 spiro atoms. The largest absolute Gasteiger partial charge is 0.496 e. The second kappa shape index (κ2) is 6.24. The zero-order valence-corrected chi connectivity index (χ0v) is 11.8. The maximum Gasteiger partial charge on any atom is 0.122 e. The molecular weight excluding hydrogens is 222 g/mol. The van der Waals surface area contributed by atoms with E-state index < -0.39 is 0 Å². The minimum Gasteiger partial charge on any atom is -0.496 e. The zero-order chi connectivity index (χ0) is 13.0. The Morgan fingerprint density at radius 2 is 2.00 bits per heavy atom. The first-order valence-corrected chi connectivity index (χ1v) is 7.11. The van der Waals surface area contributed by atoms with E-state index in [2.05, 4.69) is 37.4 Å². The van der Waals surface area contributed by atoms with Crippen molar-refractivity contribution in [2.24, 2.45) is 0 Å². The van der Waals surface area contributed by atoms with Gasteiger partial charge in [0.2, 0.25) is 0 Å². The number of hydrogen-bond acceptors (Lipinski definition) is 2. The quantitative estimate of drug-likeness (QED) is 0.853. The molecule has 1 aliphatic carbocycles. The number of ether oxygens (including phenoxy) is 1. The molecule has 2 heteroatoms. The highest BCUT2D eigenvalue weighted by atomic mass is 16.5. The molecule has 0 unspecified atom stereocenters. The van der Waals surface area contributed by atoms with Gasteiger partial charge in [0.15, 0.2) is 0 Å². The van der Waals surface area contributed by atoms with E-state index in [0.717, 1.165) is 18.3 Å². The lowest BCUT2D eigenvalue weighted by atomic mass is 9.99. The minimum atomic E-state index is 0.506. The van der Waals surface area contributed by atoms with Crippen LogP contribution in [0.25, 0.3) is 0 Å². The van der Waals surface area contributed by atoms with Crippen LogP contribution in [0.3, 0.4) is 0 Å². The molecule has 100 valence electrons. The molecule has 0 heterocycles. The lowest BCUT2D eigenvalue weighted by Gasteiger charge is -2.16. The fourth-order valence-corrected chi connectivity index (χ4v) is 2.74. The molecular formula is C16H25NO. The second-order valence-corrected chi connectivity index (χ2v) is 5.59. The van der Waals surface area contributed by atoms with E-state index in [-0.39, 0.29) is 0 Å². The van der Waals surface area contributed by atoms with Crippen LogP contribution < -0.4 is 10.1 Å². The van der Waals surface area contributed by atoms with Gasteiger partial charge in [0.05, 0.1) is 7.11 Å². The van der Waals surface area contributed by atoms with Gasteiger partial charge in [-0.25, -0.2) is 0 Å². The summed E-state index contributed by atoms with van der Waals surface area (Å²) in [5, 5.41) is 3.66. The molecule has 1 aromatic rings. The standard InChI is InChI=1S/C16H25NO/c1-12(2)15-10-13(8-9-16(15)18-3)11-17-14-6-4-5-7-14/h8-10,12,14,17H,4-7,11H2,1-3H3. The summed E-state index contributed by atoms with van der Waals surface area (Å²) >= 11 is 0. The summed E-state index contributed by atoms with van der Waals surface area (Å²) in [5.41, 5.74) is 2.68. The van der Waals surface area contributed by atoms with Crippen molar-refractivity contribution < 1.29 is 4.74 Å². The number of methoxy groups -OCH3 is 1. The summed E-state index contributed by atoms with van der Waals surface area (Å²) in [6.45, 7) is 5.41. The number of rotatable bonds is 5. The first-order valence-electron chi connectivity index (χ1n) is 7.11. The Bertz CT molecular complexity index is 381. The van der Waals surface area contributed by atoms with Crippen LogP contribution in [0.2, 0.25) is 0 Å². The molecule has 1 fully saturated rings. The van der Waals surface area contributed by atoms with Gasteiger partial charge in [-0.3, -0.25) is 0 Å². The molecule has 1 aromatic carbocycles. The van der Waals surface area contributed by atoms with Crippen LogP contribution in [0.15, 0.2) is 18.2 Å². The maximum atomic E-state index is 5.42. The first-order chi connectivity index (χ1) is 8.70.